The Hall–Kier alpha value is -1.22. The van der Waals surface area contributed by atoms with Crippen molar-refractivity contribution in [3.8, 4) is 5.75 Å². The lowest BCUT2D eigenvalue weighted by molar-refractivity contribution is -0.313. The quantitative estimate of drug-likeness (QED) is 0.0681. The van der Waals surface area contributed by atoms with Gasteiger partial charge in [0.05, 0.1) is 13.7 Å². The molecule has 7 nitrogen and oxygen atoms in total. The lowest BCUT2D eigenvalue weighted by atomic mass is 9.97. The fourth-order valence-electron chi connectivity index (χ4n) is 8.45. The van der Waals surface area contributed by atoms with E-state index in [9.17, 15) is 0 Å². The molecule has 0 unspecified atom stereocenters. The fraction of sp³-hybridized carbons (Fsp3) is 0.875. The summed E-state index contributed by atoms with van der Waals surface area (Å²) in [5, 5.41) is 3.81. The molecule has 1 N–H and O–H groups in total. The highest BCUT2D eigenvalue weighted by Crippen LogP contribution is 2.31. The molecule has 1 aromatic rings. The van der Waals surface area contributed by atoms with Crippen molar-refractivity contribution < 1.29 is 28.4 Å². The maximum Gasteiger partial charge on any atom is 0.186 e. The molecule has 3 rings (SSSR count). The third-order valence-electron chi connectivity index (χ3n) is 12.0. The van der Waals surface area contributed by atoms with Crippen molar-refractivity contribution in [1.82, 2.24) is 5.32 Å². The van der Waals surface area contributed by atoms with E-state index in [-0.39, 0.29) is 24.4 Å². The number of nitrogens with one attached hydrogen (secondary N) is 1. The zero-order valence-corrected chi connectivity index (χ0v) is 36.4. The molecule has 0 radical (unpaired) electrons. The number of unbranched alkanes of at least 4 members (excludes halogenated alkanes) is 22. The van der Waals surface area contributed by atoms with Crippen LogP contribution in [0.15, 0.2) is 24.3 Å². The fourth-order valence-corrected chi connectivity index (χ4v) is 8.45. The van der Waals surface area contributed by atoms with E-state index >= 15 is 0 Å². The van der Waals surface area contributed by atoms with Gasteiger partial charge in [-0.2, -0.15) is 0 Å². The minimum atomic E-state index is -0.500. The van der Waals surface area contributed by atoms with E-state index in [0.29, 0.717) is 32.4 Å². The molecule has 1 aromatic carbocycles. The lowest BCUT2D eigenvalue weighted by Crippen LogP contribution is -2.63. The molecule has 1 saturated carbocycles. The molecule has 1 saturated heterocycles. The SMILES string of the molecule is CCCCCCCCCCCCCCO[C@@H]1[C@@H](OCCCCCCCCCCCCCC)[C@@H](OC)O[C@H](CNC2CCCC2)[C@H]1OCc1ccc(OC)cc1. The van der Waals surface area contributed by atoms with E-state index in [0.717, 1.165) is 24.2 Å². The van der Waals surface area contributed by atoms with E-state index in [2.05, 4.69) is 31.3 Å². The summed E-state index contributed by atoms with van der Waals surface area (Å²) in [5.41, 5.74) is 1.10. The molecular formula is C48H87NO6. The van der Waals surface area contributed by atoms with Crippen molar-refractivity contribution >= 4 is 0 Å². The molecule has 2 aliphatic rings. The van der Waals surface area contributed by atoms with Crippen LogP contribution in [0.2, 0.25) is 0 Å². The minimum absolute atomic E-state index is 0.206. The Bertz CT molecular complexity index is 987. The standard InChI is InChI=1S/C48H87NO6/c1-5-7-9-11-13-15-17-19-21-23-25-29-37-52-46-45(54-40-41-33-35-43(50-3)36-34-41)44(39-49-42-31-27-28-32-42)55-48(51-4)47(46)53-38-30-26-24-22-20-18-16-14-12-10-8-6-2/h33-36,42,44-49H,5-32,37-40H2,1-4H3/t44-,45-,46+,47-,48+/m1/s1. The maximum atomic E-state index is 6.87. The van der Waals surface area contributed by atoms with Gasteiger partial charge < -0.3 is 33.7 Å². The molecule has 1 aliphatic heterocycles. The van der Waals surface area contributed by atoms with Crippen molar-refractivity contribution in [2.45, 2.75) is 237 Å². The third kappa shape index (κ3) is 21.4. The van der Waals surface area contributed by atoms with Gasteiger partial charge in [0.1, 0.15) is 30.2 Å². The predicted octanol–water partition coefficient (Wildman–Crippen LogP) is 12.7. The summed E-state index contributed by atoms with van der Waals surface area (Å²) in [6.45, 7) is 7.14. The normalized spacial score (nSPS) is 21.8. The number of ether oxygens (including phenoxy) is 6. The Morgan fingerprint density at radius 1 is 0.545 bits per heavy atom. The lowest BCUT2D eigenvalue weighted by Gasteiger charge is -2.46. The number of benzene rings is 1. The van der Waals surface area contributed by atoms with Gasteiger partial charge in [0.2, 0.25) is 0 Å². The first kappa shape index (κ1) is 48.2. The molecule has 1 aliphatic carbocycles. The van der Waals surface area contributed by atoms with Gasteiger partial charge in [-0.15, -0.1) is 0 Å². The second kappa shape index (κ2) is 32.7. The molecule has 0 amide bonds. The van der Waals surface area contributed by atoms with Crippen molar-refractivity contribution in [3.63, 3.8) is 0 Å². The largest absolute Gasteiger partial charge is 0.497 e. The van der Waals surface area contributed by atoms with E-state index in [1.807, 2.05) is 12.1 Å². The highest BCUT2D eigenvalue weighted by molar-refractivity contribution is 5.26. The molecular weight excluding hydrogens is 687 g/mol. The zero-order valence-electron chi connectivity index (χ0n) is 36.4. The second-order valence-corrected chi connectivity index (χ2v) is 16.7. The first-order valence-corrected chi connectivity index (χ1v) is 23.6. The van der Waals surface area contributed by atoms with Gasteiger partial charge in [0.15, 0.2) is 6.29 Å². The third-order valence-corrected chi connectivity index (χ3v) is 12.0. The Labute approximate surface area is 339 Å². The summed E-state index contributed by atoms with van der Waals surface area (Å²) in [5.74, 6) is 0.848. The average molecular weight is 774 g/mol. The van der Waals surface area contributed by atoms with Crippen LogP contribution in [0.3, 0.4) is 0 Å². The van der Waals surface area contributed by atoms with E-state index in [1.165, 1.54) is 167 Å². The van der Waals surface area contributed by atoms with Crippen molar-refractivity contribution in [2.75, 3.05) is 34.0 Å². The van der Waals surface area contributed by atoms with Crippen LogP contribution in [0, 0.1) is 0 Å². The zero-order chi connectivity index (χ0) is 39.0. The minimum Gasteiger partial charge on any atom is -0.497 e. The number of rotatable bonds is 36. The molecule has 55 heavy (non-hydrogen) atoms. The Kier molecular flexibility index (Phi) is 28.6. The molecule has 2 fully saturated rings. The summed E-state index contributed by atoms with van der Waals surface area (Å²) in [6.07, 6.45) is 35.2. The summed E-state index contributed by atoms with van der Waals surface area (Å²) in [4.78, 5) is 0. The topological polar surface area (TPSA) is 67.4 Å². The molecule has 0 aromatic heterocycles. The average Bonchev–Trinajstić information content (AvgIpc) is 3.74. The van der Waals surface area contributed by atoms with Gasteiger partial charge in [-0.1, -0.05) is 180 Å². The van der Waals surface area contributed by atoms with E-state index in [1.54, 1.807) is 14.2 Å². The Morgan fingerprint density at radius 3 is 1.45 bits per heavy atom. The summed E-state index contributed by atoms with van der Waals surface area (Å²) < 4.78 is 38.6. The van der Waals surface area contributed by atoms with Gasteiger partial charge in [0.25, 0.3) is 0 Å². The predicted molar refractivity (Wildman–Crippen MR) is 229 cm³/mol. The van der Waals surface area contributed by atoms with Crippen molar-refractivity contribution in [3.05, 3.63) is 29.8 Å². The second-order valence-electron chi connectivity index (χ2n) is 16.7. The first-order chi connectivity index (χ1) is 27.2. The van der Waals surface area contributed by atoms with Crippen LogP contribution in [0.4, 0.5) is 0 Å². The van der Waals surface area contributed by atoms with Gasteiger partial charge in [-0.05, 0) is 43.4 Å². The highest BCUT2D eigenvalue weighted by Gasteiger charge is 2.48. The highest BCUT2D eigenvalue weighted by atomic mass is 16.7. The summed E-state index contributed by atoms with van der Waals surface area (Å²) >= 11 is 0. The smallest absolute Gasteiger partial charge is 0.186 e. The molecule has 0 bridgehead atoms. The Balaban J connectivity index is 1.55. The number of methoxy groups -OCH3 is 2. The summed E-state index contributed by atoms with van der Waals surface area (Å²) in [7, 11) is 3.45. The van der Waals surface area contributed by atoms with Gasteiger partial charge in [0, 0.05) is 32.9 Å². The van der Waals surface area contributed by atoms with Crippen LogP contribution in [0.5, 0.6) is 5.75 Å². The molecule has 320 valence electrons. The van der Waals surface area contributed by atoms with Crippen molar-refractivity contribution in [2.24, 2.45) is 0 Å². The van der Waals surface area contributed by atoms with Crippen LogP contribution in [-0.4, -0.2) is 70.7 Å². The molecule has 1 heterocycles. The van der Waals surface area contributed by atoms with Crippen LogP contribution in [0.1, 0.15) is 199 Å². The monoisotopic (exact) mass is 774 g/mol. The molecule has 5 atom stereocenters. The van der Waals surface area contributed by atoms with Crippen LogP contribution in [0.25, 0.3) is 0 Å². The molecule has 0 spiro atoms. The molecule has 7 heteroatoms. The van der Waals surface area contributed by atoms with Crippen LogP contribution in [-0.2, 0) is 30.3 Å². The maximum absolute atomic E-state index is 6.87. The number of hydrogen-bond acceptors (Lipinski definition) is 7. The van der Waals surface area contributed by atoms with Crippen molar-refractivity contribution in [1.29, 1.82) is 0 Å². The van der Waals surface area contributed by atoms with Crippen LogP contribution < -0.4 is 10.1 Å². The first-order valence-electron chi connectivity index (χ1n) is 23.6. The Morgan fingerprint density at radius 2 is 1.00 bits per heavy atom. The van der Waals surface area contributed by atoms with Crippen LogP contribution >= 0.6 is 0 Å². The van der Waals surface area contributed by atoms with E-state index < -0.39 is 6.29 Å². The van der Waals surface area contributed by atoms with Gasteiger partial charge in [-0.25, -0.2) is 0 Å². The number of hydrogen-bond donors (Lipinski definition) is 1. The summed E-state index contributed by atoms with van der Waals surface area (Å²) in [6, 6.07) is 8.69. The van der Waals surface area contributed by atoms with E-state index in [4.69, 9.17) is 28.4 Å². The van der Waals surface area contributed by atoms with Gasteiger partial charge >= 0.3 is 0 Å². The van der Waals surface area contributed by atoms with Gasteiger partial charge in [-0.3, -0.25) is 0 Å².